The highest BCUT2D eigenvalue weighted by Crippen LogP contribution is 2.30. The van der Waals surface area contributed by atoms with Crippen molar-refractivity contribution < 1.29 is 22.5 Å². The summed E-state index contributed by atoms with van der Waals surface area (Å²) in [6.45, 7) is 4.89. The molecule has 1 aliphatic rings. The van der Waals surface area contributed by atoms with E-state index in [0.717, 1.165) is 29.8 Å². The van der Waals surface area contributed by atoms with Crippen LogP contribution in [-0.2, 0) is 19.1 Å². The largest absolute Gasteiger partial charge is 0.416 e. The topological polar surface area (TPSA) is 74.5 Å². The van der Waals surface area contributed by atoms with Gasteiger partial charge in [-0.25, -0.2) is 4.79 Å². The Morgan fingerprint density at radius 2 is 1.76 bits per heavy atom. The fourth-order valence-corrected chi connectivity index (χ4v) is 3.69. The highest BCUT2D eigenvalue weighted by molar-refractivity contribution is 5.90. The molecule has 4 rings (SSSR count). The first kappa shape index (κ1) is 22.8. The third-order valence-corrected chi connectivity index (χ3v) is 5.59. The van der Waals surface area contributed by atoms with Crippen LogP contribution in [0, 0.1) is 0 Å². The molecule has 2 aromatic carbocycles. The second-order valence-electron chi connectivity index (χ2n) is 7.79. The van der Waals surface area contributed by atoms with Gasteiger partial charge in [-0.15, -0.1) is 0 Å². The number of aryl methyl sites for hydroxylation is 1. The van der Waals surface area contributed by atoms with Gasteiger partial charge in [0.2, 0.25) is 0 Å². The standard InChI is InChI=1S/C23H24F3N5O2/c1-2-16-5-3-4-6-19(16)27-22(32)31-13-11-30(12-14-31)15-20-28-21(33-29-20)17-7-9-18(10-8-17)23(24,25)26/h3-10H,2,11-15H2,1H3,(H,27,32). The number of aromatic nitrogens is 2. The molecule has 1 fully saturated rings. The summed E-state index contributed by atoms with van der Waals surface area (Å²) in [4.78, 5) is 20.8. The number of anilines is 1. The van der Waals surface area contributed by atoms with Crippen LogP contribution in [0.15, 0.2) is 53.1 Å². The van der Waals surface area contributed by atoms with Crippen LogP contribution >= 0.6 is 0 Å². The van der Waals surface area contributed by atoms with Crippen LogP contribution in [0.1, 0.15) is 23.9 Å². The minimum Gasteiger partial charge on any atom is -0.334 e. The second kappa shape index (κ2) is 9.62. The molecule has 7 nitrogen and oxygen atoms in total. The van der Waals surface area contributed by atoms with Crippen LogP contribution in [0.2, 0.25) is 0 Å². The first-order valence-electron chi connectivity index (χ1n) is 10.7. The smallest absolute Gasteiger partial charge is 0.334 e. The number of carbonyl (C=O) groups is 1. The zero-order valence-corrected chi connectivity index (χ0v) is 18.1. The predicted octanol–water partition coefficient (Wildman–Crippen LogP) is 4.67. The molecular weight excluding hydrogens is 435 g/mol. The number of amides is 2. The lowest BCUT2D eigenvalue weighted by atomic mass is 10.1. The summed E-state index contributed by atoms with van der Waals surface area (Å²) < 4.78 is 43.4. The van der Waals surface area contributed by atoms with Gasteiger partial charge in [-0.2, -0.15) is 18.2 Å². The Bertz CT molecular complexity index is 1090. The Kier molecular flexibility index (Phi) is 6.64. The Morgan fingerprint density at radius 1 is 1.06 bits per heavy atom. The molecule has 0 aliphatic carbocycles. The molecule has 0 radical (unpaired) electrons. The van der Waals surface area contributed by atoms with Gasteiger partial charge in [-0.05, 0) is 42.3 Å². The average Bonchev–Trinajstić information content (AvgIpc) is 3.28. The lowest BCUT2D eigenvalue weighted by Gasteiger charge is -2.34. The average molecular weight is 459 g/mol. The Balaban J connectivity index is 1.30. The number of halogens is 3. The second-order valence-corrected chi connectivity index (χ2v) is 7.79. The number of nitrogens with one attached hydrogen (secondary N) is 1. The third-order valence-electron chi connectivity index (χ3n) is 5.59. The molecule has 0 unspecified atom stereocenters. The molecular formula is C23H24F3N5O2. The SMILES string of the molecule is CCc1ccccc1NC(=O)N1CCN(Cc2noc(-c3ccc(C(F)(F)F)cc3)n2)CC1. The van der Waals surface area contributed by atoms with Crippen molar-refractivity contribution in [3.8, 4) is 11.5 Å². The van der Waals surface area contributed by atoms with Crippen LogP contribution in [0.3, 0.4) is 0 Å². The lowest BCUT2D eigenvalue weighted by molar-refractivity contribution is -0.137. The van der Waals surface area contributed by atoms with E-state index in [1.165, 1.54) is 12.1 Å². The molecule has 1 saturated heterocycles. The van der Waals surface area contributed by atoms with Crippen LogP contribution in [0.25, 0.3) is 11.5 Å². The Morgan fingerprint density at radius 3 is 2.42 bits per heavy atom. The van der Waals surface area contributed by atoms with E-state index in [-0.39, 0.29) is 11.9 Å². The van der Waals surface area contributed by atoms with Gasteiger partial charge in [-0.1, -0.05) is 30.3 Å². The zero-order chi connectivity index (χ0) is 23.4. The summed E-state index contributed by atoms with van der Waals surface area (Å²) in [5.74, 6) is 0.617. The van der Waals surface area contributed by atoms with Crippen molar-refractivity contribution in [3.63, 3.8) is 0 Å². The van der Waals surface area contributed by atoms with Crippen molar-refractivity contribution in [1.82, 2.24) is 19.9 Å². The Hall–Kier alpha value is -3.40. The normalized spacial score (nSPS) is 15.0. The molecule has 0 spiro atoms. The molecule has 1 N–H and O–H groups in total. The van der Waals surface area contributed by atoms with Crippen molar-refractivity contribution in [2.24, 2.45) is 0 Å². The van der Waals surface area contributed by atoms with E-state index < -0.39 is 11.7 Å². The van der Waals surface area contributed by atoms with Crippen molar-refractivity contribution in [1.29, 1.82) is 0 Å². The number of hydrogen-bond acceptors (Lipinski definition) is 5. The van der Waals surface area contributed by atoms with Gasteiger partial charge in [0.25, 0.3) is 5.89 Å². The predicted molar refractivity (Wildman–Crippen MR) is 116 cm³/mol. The highest BCUT2D eigenvalue weighted by atomic mass is 19.4. The monoisotopic (exact) mass is 459 g/mol. The van der Waals surface area contributed by atoms with Crippen LogP contribution in [0.4, 0.5) is 23.7 Å². The van der Waals surface area contributed by atoms with E-state index in [1.807, 2.05) is 31.2 Å². The molecule has 2 heterocycles. The molecule has 0 saturated carbocycles. The Labute approximate surface area is 189 Å². The van der Waals surface area contributed by atoms with E-state index in [0.29, 0.717) is 44.1 Å². The van der Waals surface area contributed by atoms with Gasteiger partial charge in [0.15, 0.2) is 5.82 Å². The van der Waals surface area contributed by atoms with Crippen LogP contribution in [0.5, 0.6) is 0 Å². The summed E-state index contributed by atoms with van der Waals surface area (Å²) in [6.07, 6.45) is -3.56. The number of rotatable bonds is 5. The highest BCUT2D eigenvalue weighted by Gasteiger charge is 2.30. The molecule has 2 amide bonds. The summed E-state index contributed by atoms with van der Waals surface area (Å²) in [6, 6.07) is 12.2. The van der Waals surface area contributed by atoms with Gasteiger partial charge in [0.05, 0.1) is 12.1 Å². The van der Waals surface area contributed by atoms with Crippen molar-refractivity contribution in [2.45, 2.75) is 26.1 Å². The number of urea groups is 1. The van der Waals surface area contributed by atoms with Crippen LogP contribution < -0.4 is 5.32 Å². The number of benzene rings is 2. The zero-order valence-electron chi connectivity index (χ0n) is 18.1. The number of nitrogens with zero attached hydrogens (tertiary/aromatic N) is 4. The molecule has 1 aromatic heterocycles. The van der Waals surface area contributed by atoms with E-state index in [1.54, 1.807) is 4.90 Å². The maximum absolute atomic E-state index is 12.7. The van der Waals surface area contributed by atoms with Crippen molar-refractivity contribution >= 4 is 11.7 Å². The summed E-state index contributed by atoms with van der Waals surface area (Å²) in [5, 5.41) is 6.93. The number of piperazine rings is 1. The van der Waals surface area contributed by atoms with Crippen molar-refractivity contribution in [3.05, 3.63) is 65.5 Å². The fraction of sp³-hybridized carbons (Fsp3) is 0.348. The first-order valence-corrected chi connectivity index (χ1v) is 10.7. The molecule has 10 heteroatoms. The summed E-state index contributed by atoms with van der Waals surface area (Å²) in [5.41, 5.74) is 1.61. The molecule has 174 valence electrons. The summed E-state index contributed by atoms with van der Waals surface area (Å²) in [7, 11) is 0. The van der Waals surface area contributed by atoms with Gasteiger partial charge >= 0.3 is 12.2 Å². The molecule has 1 aliphatic heterocycles. The van der Waals surface area contributed by atoms with Gasteiger partial charge in [0.1, 0.15) is 0 Å². The minimum atomic E-state index is -4.39. The summed E-state index contributed by atoms with van der Waals surface area (Å²) >= 11 is 0. The van der Waals surface area contributed by atoms with Gasteiger partial charge < -0.3 is 14.7 Å². The number of para-hydroxylation sites is 1. The third kappa shape index (κ3) is 5.51. The van der Waals surface area contributed by atoms with Crippen LogP contribution in [-0.4, -0.2) is 52.2 Å². The van der Waals surface area contributed by atoms with Gasteiger partial charge in [-0.3, -0.25) is 4.90 Å². The lowest BCUT2D eigenvalue weighted by Crippen LogP contribution is -2.49. The molecule has 0 atom stereocenters. The molecule has 0 bridgehead atoms. The quantitative estimate of drug-likeness (QED) is 0.600. The number of carbonyl (C=O) groups excluding carboxylic acids is 1. The van der Waals surface area contributed by atoms with E-state index in [4.69, 9.17) is 4.52 Å². The maximum atomic E-state index is 12.7. The first-order chi connectivity index (χ1) is 15.8. The van der Waals surface area contributed by atoms with E-state index >= 15 is 0 Å². The minimum absolute atomic E-state index is 0.125. The fourth-order valence-electron chi connectivity index (χ4n) is 3.69. The maximum Gasteiger partial charge on any atom is 0.416 e. The number of hydrogen-bond donors (Lipinski definition) is 1. The number of alkyl halides is 3. The van der Waals surface area contributed by atoms with Gasteiger partial charge in [0, 0.05) is 37.4 Å². The van der Waals surface area contributed by atoms with Crippen molar-refractivity contribution in [2.75, 3.05) is 31.5 Å². The molecule has 33 heavy (non-hydrogen) atoms. The molecule has 3 aromatic rings. The van der Waals surface area contributed by atoms with E-state index in [2.05, 4.69) is 20.4 Å². The van der Waals surface area contributed by atoms with E-state index in [9.17, 15) is 18.0 Å².